The van der Waals surface area contributed by atoms with Crippen molar-refractivity contribution in [3.05, 3.63) is 28.2 Å². The van der Waals surface area contributed by atoms with Gasteiger partial charge < -0.3 is 5.32 Å². The number of hydrogen-bond acceptors (Lipinski definition) is 3. The predicted molar refractivity (Wildman–Crippen MR) is 82.0 cm³/mol. The molecule has 0 aliphatic carbocycles. The predicted octanol–water partition coefficient (Wildman–Crippen LogP) is 2.29. The number of nitrogens with zero attached hydrogens (tertiary/aromatic N) is 1. The molecule has 0 saturated heterocycles. The molecule has 20 heavy (non-hydrogen) atoms. The second-order valence-electron chi connectivity index (χ2n) is 4.13. The van der Waals surface area contributed by atoms with Crippen molar-refractivity contribution >= 4 is 44.8 Å². The first-order chi connectivity index (χ1) is 9.25. The summed E-state index contributed by atoms with van der Waals surface area (Å²) in [6, 6.07) is 4.57. The number of amides is 1. The number of rotatable bonds is 6. The van der Waals surface area contributed by atoms with E-state index >= 15 is 0 Å². The number of halogens is 2. The van der Waals surface area contributed by atoms with Gasteiger partial charge in [0.25, 0.3) is 0 Å². The van der Waals surface area contributed by atoms with Crippen molar-refractivity contribution in [1.29, 1.82) is 0 Å². The summed E-state index contributed by atoms with van der Waals surface area (Å²) in [6.07, 6.45) is 1.43. The monoisotopic (exact) mass is 338 g/mol. The van der Waals surface area contributed by atoms with Gasteiger partial charge in [-0.05, 0) is 18.2 Å². The van der Waals surface area contributed by atoms with E-state index in [2.05, 4.69) is 5.32 Å². The maximum atomic E-state index is 11.8. The van der Waals surface area contributed by atoms with E-state index in [1.807, 2.05) is 0 Å². The Labute approximate surface area is 128 Å². The molecule has 0 heterocycles. The summed E-state index contributed by atoms with van der Waals surface area (Å²) >= 11 is 11.8. The van der Waals surface area contributed by atoms with Gasteiger partial charge in [0.1, 0.15) is 0 Å². The van der Waals surface area contributed by atoms with Crippen LogP contribution in [0.3, 0.4) is 0 Å². The average Bonchev–Trinajstić information content (AvgIpc) is 2.34. The van der Waals surface area contributed by atoms with Crippen LogP contribution >= 0.6 is 23.2 Å². The molecule has 0 bridgehead atoms. The highest BCUT2D eigenvalue weighted by molar-refractivity contribution is 7.92. The molecule has 0 radical (unpaired) electrons. The Balaban J connectivity index is 2.93. The molecule has 5 nitrogen and oxygen atoms in total. The molecule has 0 saturated carbocycles. The van der Waals surface area contributed by atoms with Crippen LogP contribution in [-0.2, 0) is 14.8 Å². The molecule has 0 atom stereocenters. The van der Waals surface area contributed by atoms with Crippen LogP contribution in [-0.4, -0.2) is 33.7 Å². The van der Waals surface area contributed by atoms with Crippen molar-refractivity contribution in [2.24, 2.45) is 0 Å². The van der Waals surface area contributed by atoms with Crippen LogP contribution in [0.4, 0.5) is 5.69 Å². The molecular weight excluding hydrogens is 323 g/mol. The van der Waals surface area contributed by atoms with Gasteiger partial charge >= 0.3 is 0 Å². The van der Waals surface area contributed by atoms with Crippen molar-refractivity contribution in [2.75, 3.05) is 23.7 Å². The molecule has 1 aromatic rings. The number of carbonyl (C=O) groups excluding carboxylic acids is 1. The smallest absolute Gasteiger partial charge is 0.232 e. The van der Waals surface area contributed by atoms with E-state index in [9.17, 15) is 13.2 Å². The molecule has 112 valence electrons. The second kappa shape index (κ2) is 7.15. The van der Waals surface area contributed by atoms with Gasteiger partial charge in [0.2, 0.25) is 15.9 Å². The fraction of sp³-hybridized carbons (Fsp3) is 0.417. The lowest BCUT2D eigenvalue weighted by molar-refractivity contribution is -0.120. The third kappa shape index (κ3) is 4.85. The van der Waals surface area contributed by atoms with Gasteiger partial charge in [-0.3, -0.25) is 9.10 Å². The van der Waals surface area contributed by atoms with E-state index in [0.29, 0.717) is 17.1 Å². The lowest BCUT2D eigenvalue weighted by Crippen LogP contribution is -2.38. The van der Waals surface area contributed by atoms with Crippen LogP contribution in [0, 0.1) is 0 Å². The number of benzene rings is 1. The molecule has 1 rings (SSSR count). The summed E-state index contributed by atoms with van der Waals surface area (Å²) in [7, 11) is -3.50. The minimum Gasteiger partial charge on any atom is -0.354 e. The number of nitrogens with one attached hydrogen (secondary N) is 1. The zero-order valence-electron chi connectivity index (χ0n) is 11.2. The first-order valence-electron chi connectivity index (χ1n) is 5.95. The molecule has 0 spiro atoms. The number of sulfonamides is 1. The summed E-state index contributed by atoms with van der Waals surface area (Å²) in [6.45, 7) is 2.03. The molecule has 0 aromatic heterocycles. The SMILES string of the molecule is CCC(=O)NCCN(c1ccc(Cl)cc1Cl)S(C)(=O)=O. The van der Waals surface area contributed by atoms with Gasteiger partial charge in [-0.25, -0.2) is 8.42 Å². The minimum atomic E-state index is -3.50. The number of hydrogen-bond donors (Lipinski definition) is 1. The summed E-state index contributed by atoms with van der Waals surface area (Å²) in [5, 5.41) is 3.28. The number of carbonyl (C=O) groups is 1. The van der Waals surface area contributed by atoms with E-state index < -0.39 is 10.0 Å². The van der Waals surface area contributed by atoms with Crippen molar-refractivity contribution in [1.82, 2.24) is 5.32 Å². The van der Waals surface area contributed by atoms with Crippen LogP contribution in [0.25, 0.3) is 0 Å². The van der Waals surface area contributed by atoms with Gasteiger partial charge in [-0.1, -0.05) is 30.1 Å². The Bertz CT molecular complexity index is 590. The van der Waals surface area contributed by atoms with E-state index in [1.165, 1.54) is 12.1 Å². The van der Waals surface area contributed by atoms with Crippen LogP contribution in [0.1, 0.15) is 13.3 Å². The maximum Gasteiger partial charge on any atom is 0.232 e. The lowest BCUT2D eigenvalue weighted by atomic mass is 10.3. The highest BCUT2D eigenvalue weighted by Gasteiger charge is 2.19. The molecule has 0 aliphatic heterocycles. The Morgan fingerprint density at radius 3 is 2.50 bits per heavy atom. The van der Waals surface area contributed by atoms with E-state index in [1.54, 1.807) is 13.0 Å². The summed E-state index contributed by atoms with van der Waals surface area (Å²) in [5.74, 6) is -0.138. The third-order valence-corrected chi connectivity index (χ3v) is 4.25. The zero-order chi connectivity index (χ0) is 15.3. The molecule has 0 fully saturated rings. The first kappa shape index (κ1) is 17.1. The third-order valence-electron chi connectivity index (χ3n) is 2.54. The van der Waals surface area contributed by atoms with Crippen LogP contribution in [0.15, 0.2) is 18.2 Å². The van der Waals surface area contributed by atoms with Crippen LogP contribution in [0.2, 0.25) is 10.0 Å². The fourth-order valence-corrected chi connectivity index (χ4v) is 3.07. The topological polar surface area (TPSA) is 66.5 Å². The maximum absolute atomic E-state index is 11.8. The van der Waals surface area contributed by atoms with Crippen molar-refractivity contribution < 1.29 is 13.2 Å². The molecule has 0 aliphatic rings. The van der Waals surface area contributed by atoms with E-state index in [0.717, 1.165) is 10.6 Å². The number of anilines is 1. The Hall–Kier alpha value is -0.980. The molecule has 1 N–H and O–H groups in total. The van der Waals surface area contributed by atoms with Gasteiger partial charge in [0, 0.05) is 18.0 Å². The molecular formula is C12H16Cl2N2O3S. The molecule has 1 amide bonds. The fourth-order valence-electron chi connectivity index (χ4n) is 1.57. The normalized spacial score (nSPS) is 11.2. The van der Waals surface area contributed by atoms with E-state index in [-0.39, 0.29) is 24.0 Å². The van der Waals surface area contributed by atoms with Gasteiger partial charge in [-0.15, -0.1) is 0 Å². The lowest BCUT2D eigenvalue weighted by Gasteiger charge is -2.23. The largest absolute Gasteiger partial charge is 0.354 e. The molecule has 1 aromatic carbocycles. The van der Waals surface area contributed by atoms with Crippen molar-refractivity contribution in [2.45, 2.75) is 13.3 Å². The van der Waals surface area contributed by atoms with Crippen molar-refractivity contribution in [3.8, 4) is 0 Å². The summed E-state index contributed by atoms with van der Waals surface area (Å²) in [5.41, 5.74) is 0.337. The highest BCUT2D eigenvalue weighted by Crippen LogP contribution is 2.30. The van der Waals surface area contributed by atoms with Crippen molar-refractivity contribution in [3.63, 3.8) is 0 Å². The summed E-state index contributed by atoms with van der Waals surface area (Å²) in [4.78, 5) is 11.2. The standard InChI is InChI=1S/C12H16Cl2N2O3S/c1-3-12(17)15-6-7-16(20(2,18)19)11-5-4-9(13)8-10(11)14/h4-5,8H,3,6-7H2,1-2H3,(H,15,17). The van der Waals surface area contributed by atoms with E-state index in [4.69, 9.17) is 23.2 Å². The zero-order valence-corrected chi connectivity index (χ0v) is 13.5. The Kier molecular flexibility index (Phi) is 6.10. The van der Waals surface area contributed by atoms with Crippen LogP contribution < -0.4 is 9.62 Å². The van der Waals surface area contributed by atoms with Gasteiger partial charge in [0.05, 0.1) is 23.5 Å². The summed E-state index contributed by atoms with van der Waals surface area (Å²) < 4.78 is 24.8. The molecule has 8 heteroatoms. The first-order valence-corrected chi connectivity index (χ1v) is 8.55. The average molecular weight is 339 g/mol. The van der Waals surface area contributed by atoms with Gasteiger partial charge in [-0.2, -0.15) is 0 Å². The Morgan fingerprint density at radius 2 is 2.00 bits per heavy atom. The minimum absolute atomic E-state index is 0.103. The second-order valence-corrected chi connectivity index (χ2v) is 6.88. The quantitative estimate of drug-likeness (QED) is 0.865. The highest BCUT2D eigenvalue weighted by atomic mass is 35.5. The Morgan fingerprint density at radius 1 is 1.35 bits per heavy atom. The van der Waals surface area contributed by atoms with Gasteiger partial charge in [0.15, 0.2) is 0 Å². The molecule has 0 unspecified atom stereocenters. The van der Waals surface area contributed by atoms with Crippen LogP contribution in [0.5, 0.6) is 0 Å².